The van der Waals surface area contributed by atoms with E-state index >= 15 is 0 Å². The van der Waals surface area contributed by atoms with Crippen LogP contribution in [0.3, 0.4) is 0 Å². The number of aromatic nitrogens is 2. The lowest BCUT2D eigenvalue weighted by Gasteiger charge is -2.17. The minimum atomic E-state index is -0.671. The number of aliphatic hydroxyl groups excluding tert-OH is 1. The van der Waals surface area contributed by atoms with Crippen LogP contribution in [0.1, 0.15) is 22.9 Å². The Morgan fingerprint density at radius 2 is 2.05 bits per heavy atom. The van der Waals surface area contributed by atoms with Gasteiger partial charge in [-0.05, 0) is 48.1 Å². The fraction of sp³-hybridized carbons (Fsp3) is 0.400. The summed E-state index contributed by atoms with van der Waals surface area (Å²) >= 11 is 3.49. The average Bonchev–Trinajstić information content (AvgIpc) is 2.77. The number of aryl methyl sites for hydroxylation is 1. The van der Waals surface area contributed by atoms with Crippen molar-refractivity contribution in [3.63, 3.8) is 0 Å². The molecule has 0 amide bonds. The van der Waals surface area contributed by atoms with E-state index in [0.717, 1.165) is 34.4 Å². The van der Waals surface area contributed by atoms with Gasteiger partial charge in [0.25, 0.3) is 0 Å². The Labute approximate surface area is 128 Å². The van der Waals surface area contributed by atoms with Gasteiger partial charge in [-0.15, -0.1) is 0 Å². The van der Waals surface area contributed by atoms with Gasteiger partial charge in [0.1, 0.15) is 6.10 Å². The Morgan fingerprint density at radius 3 is 2.70 bits per heavy atom. The third-order valence-electron chi connectivity index (χ3n) is 3.33. The van der Waals surface area contributed by atoms with Gasteiger partial charge in [-0.2, -0.15) is 5.10 Å². The van der Waals surface area contributed by atoms with Gasteiger partial charge in [-0.3, -0.25) is 4.68 Å². The zero-order chi connectivity index (χ0) is 14.7. The zero-order valence-corrected chi connectivity index (χ0v) is 13.6. The van der Waals surface area contributed by atoms with Crippen LogP contribution in [0.4, 0.5) is 0 Å². The molecule has 0 aliphatic heterocycles. The molecule has 1 aromatic carbocycles. The third kappa shape index (κ3) is 3.29. The summed E-state index contributed by atoms with van der Waals surface area (Å²) in [6, 6.07) is 7.88. The summed E-state index contributed by atoms with van der Waals surface area (Å²) < 4.78 is 2.70. The maximum Gasteiger partial charge on any atom is 0.122 e. The Kier molecular flexibility index (Phi) is 4.96. The lowest BCUT2D eigenvalue weighted by Crippen LogP contribution is -2.21. The van der Waals surface area contributed by atoms with Crippen molar-refractivity contribution in [2.45, 2.75) is 19.6 Å². The molecule has 0 aliphatic carbocycles. The molecule has 0 aliphatic rings. The number of rotatable bonds is 5. The topological polar surface area (TPSA) is 41.3 Å². The minimum absolute atomic E-state index is 0.671. The second kappa shape index (κ2) is 6.52. The van der Waals surface area contributed by atoms with Crippen LogP contribution >= 0.6 is 15.9 Å². The molecule has 1 unspecified atom stereocenters. The second-order valence-electron chi connectivity index (χ2n) is 5.16. The molecular formula is C15H20BrN3O. The Balaban J connectivity index is 2.32. The van der Waals surface area contributed by atoms with Crippen LogP contribution in [-0.2, 0) is 6.54 Å². The summed E-state index contributed by atoms with van der Waals surface area (Å²) in [6.45, 7) is 3.63. The van der Waals surface area contributed by atoms with Crippen molar-refractivity contribution >= 4 is 15.9 Å². The quantitative estimate of drug-likeness (QED) is 0.911. The largest absolute Gasteiger partial charge is 0.382 e. The number of benzene rings is 1. The van der Waals surface area contributed by atoms with E-state index in [4.69, 9.17) is 0 Å². The van der Waals surface area contributed by atoms with E-state index in [0.29, 0.717) is 0 Å². The minimum Gasteiger partial charge on any atom is -0.382 e. The van der Waals surface area contributed by atoms with Gasteiger partial charge in [0.15, 0.2) is 0 Å². The lowest BCUT2D eigenvalue weighted by atomic mass is 10.0. The molecule has 4 nitrogen and oxygen atoms in total. The van der Waals surface area contributed by atoms with Crippen LogP contribution in [0.15, 0.2) is 34.9 Å². The van der Waals surface area contributed by atoms with E-state index in [1.165, 1.54) is 0 Å². The molecule has 5 heteroatoms. The first-order valence-electron chi connectivity index (χ1n) is 6.60. The molecule has 2 aromatic rings. The summed E-state index contributed by atoms with van der Waals surface area (Å²) in [7, 11) is 4.05. The Bertz CT molecular complexity index is 580. The average molecular weight is 338 g/mol. The highest BCUT2D eigenvalue weighted by Crippen LogP contribution is 2.30. The molecule has 2 rings (SSSR count). The molecule has 0 spiro atoms. The fourth-order valence-electron chi connectivity index (χ4n) is 2.16. The SMILES string of the molecule is Cc1ccccc1C(O)c1c(Br)cnn1CCN(C)C. The number of hydrogen-bond acceptors (Lipinski definition) is 3. The monoisotopic (exact) mass is 337 g/mol. The summed E-state index contributed by atoms with van der Waals surface area (Å²) in [5.41, 5.74) is 2.80. The van der Waals surface area contributed by atoms with Gasteiger partial charge < -0.3 is 10.0 Å². The van der Waals surface area contributed by atoms with Gasteiger partial charge in [0.2, 0.25) is 0 Å². The van der Waals surface area contributed by atoms with E-state index in [2.05, 4.69) is 25.9 Å². The molecule has 1 heterocycles. The number of hydrogen-bond donors (Lipinski definition) is 1. The van der Waals surface area contributed by atoms with Crippen molar-refractivity contribution in [3.8, 4) is 0 Å². The van der Waals surface area contributed by atoms with Crippen LogP contribution in [0.2, 0.25) is 0 Å². The van der Waals surface area contributed by atoms with Gasteiger partial charge in [0.05, 0.1) is 22.9 Å². The van der Waals surface area contributed by atoms with Crippen molar-refractivity contribution in [1.29, 1.82) is 0 Å². The predicted molar refractivity (Wildman–Crippen MR) is 83.7 cm³/mol. The third-order valence-corrected chi connectivity index (χ3v) is 3.95. The Hall–Kier alpha value is -1.17. The van der Waals surface area contributed by atoms with Crippen molar-refractivity contribution in [2.75, 3.05) is 20.6 Å². The molecule has 0 bridgehead atoms. The zero-order valence-electron chi connectivity index (χ0n) is 12.0. The van der Waals surface area contributed by atoms with E-state index in [1.54, 1.807) is 6.20 Å². The van der Waals surface area contributed by atoms with E-state index in [-0.39, 0.29) is 0 Å². The first-order chi connectivity index (χ1) is 9.50. The van der Waals surface area contributed by atoms with Crippen molar-refractivity contribution < 1.29 is 5.11 Å². The van der Waals surface area contributed by atoms with E-state index < -0.39 is 6.10 Å². The highest BCUT2D eigenvalue weighted by atomic mass is 79.9. The van der Waals surface area contributed by atoms with Crippen LogP contribution in [0.25, 0.3) is 0 Å². The van der Waals surface area contributed by atoms with Gasteiger partial charge in [0, 0.05) is 6.54 Å². The molecule has 20 heavy (non-hydrogen) atoms. The molecule has 0 saturated carbocycles. The summed E-state index contributed by atoms with van der Waals surface area (Å²) in [4.78, 5) is 2.10. The van der Waals surface area contributed by atoms with E-state index in [1.807, 2.05) is 50.0 Å². The molecule has 0 radical (unpaired) electrons. The highest BCUT2D eigenvalue weighted by molar-refractivity contribution is 9.10. The predicted octanol–water partition coefficient (Wildman–Crippen LogP) is 2.60. The molecule has 108 valence electrons. The number of halogens is 1. The normalized spacial score (nSPS) is 12.9. The summed E-state index contributed by atoms with van der Waals surface area (Å²) in [5.74, 6) is 0. The molecular weight excluding hydrogens is 318 g/mol. The molecule has 1 atom stereocenters. The molecule has 0 fully saturated rings. The lowest BCUT2D eigenvalue weighted by molar-refractivity contribution is 0.204. The van der Waals surface area contributed by atoms with Crippen LogP contribution in [0, 0.1) is 6.92 Å². The van der Waals surface area contributed by atoms with Crippen LogP contribution in [0.5, 0.6) is 0 Å². The molecule has 1 aromatic heterocycles. The van der Waals surface area contributed by atoms with Gasteiger partial charge in [-0.1, -0.05) is 24.3 Å². The summed E-state index contributed by atoms with van der Waals surface area (Å²) in [5, 5.41) is 15.0. The standard InChI is InChI=1S/C15H20BrN3O/c1-11-6-4-5-7-12(11)15(20)14-13(16)10-17-19(14)9-8-18(2)3/h4-7,10,15,20H,8-9H2,1-3H3. The van der Waals surface area contributed by atoms with Crippen LogP contribution < -0.4 is 0 Å². The summed E-state index contributed by atoms with van der Waals surface area (Å²) in [6.07, 6.45) is 1.07. The maximum absolute atomic E-state index is 10.7. The fourth-order valence-corrected chi connectivity index (χ4v) is 2.67. The smallest absolute Gasteiger partial charge is 0.122 e. The number of aliphatic hydroxyl groups is 1. The second-order valence-corrected chi connectivity index (χ2v) is 6.02. The Morgan fingerprint density at radius 1 is 1.35 bits per heavy atom. The van der Waals surface area contributed by atoms with Gasteiger partial charge >= 0.3 is 0 Å². The van der Waals surface area contributed by atoms with Crippen LogP contribution in [-0.4, -0.2) is 40.4 Å². The maximum atomic E-state index is 10.7. The first kappa shape index (κ1) is 15.2. The number of likely N-dealkylation sites (N-methyl/N-ethyl adjacent to an activating group) is 1. The number of nitrogens with zero attached hydrogens (tertiary/aromatic N) is 3. The molecule has 1 N–H and O–H groups in total. The van der Waals surface area contributed by atoms with Crippen molar-refractivity contribution in [3.05, 3.63) is 51.8 Å². The molecule has 0 saturated heterocycles. The van der Waals surface area contributed by atoms with E-state index in [9.17, 15) is 5.11 Å². The first-order valence-corrected chi connectivity index (χ1v) is 7.39. The highest BCUT2D eigenvalue weighted by Gasteiger charge is 2.20. The van der Waals surface area contributed by atoms with Crippen molar-refractivity contribution in [2.24, 2.45) is 0 Å². The van der Waals surface area contributed by atoms with Crippen molar-refractivity contribution in [1.82, 2.24) is 14.7 Å². The van der Waals surface area contributed by atoms with Gasteiger partial charge in [-0.25, -0.2) is 0 Å².